The number of anilines is 2. The summed E-state index contributed by atoms with van der Waals surface area (Å²) in [5.74, 6) is -1.50. The summed E-state index contributed by atoms with van der Waals surface area (Å²) in [6.07, 6.45) is 0. The molecule has 0 fully saturated rings. The normalized spacial score (nSPS) is 14.8. The molecule has 1 aliphatic rings. The topological polar surface area (TPSA) is 145 Å². The number of nitrogen functional groups attached to an aromatic ring is 1. The number of amides is 1. The van der Waals surface area contributed by atoms with Crippen molar-refractivity contribution in [3.05, 3.63) is 47.5 Å². The highest BCUT2D eigenvalue weighted by atomic mass is 32.2. The van der Waals surface area contributed by atoms with Crippen LogP contribution in [0.25, 0.3) is 0 Å². The Morgan fingerprint density at radius 2 is 2.04 bits per heavy atom. The quantitative estimate of drug-likeness (QED) is 0.423. The fourth-order valence-electron chi connectivity index (χ4n) is 2.79. The summed E-state index contributed by atoms with van der Waals surface area (Å²) in [6.45, 7) is 1.78. The summed E-state index contributed by atoms with van der Waals surface area (Å²) < 4.78 is 33.2. The molecule has 10 heteroatoms. The minimum Gasteiger partial charge on any atom is -0.423 e. The van der Waals surface area contributed by atoms with Crippen molar-refractivity contribution in [2.75, 3.05) is 10.5 Å². The molecule has 1 aliphatic heterocycles. The SMILES string of the molecule is CC(C(N)=O)c1cc(N)ccc1S(=O)(=O)Nc1ccc2c(c1)B(O)OC2. The minimum atomic E-state index is -4.01. The largest absolute Gasteiger partial charge is 0.491 e. The molecule has 1 atom stereocenters. The van der Waals surface area contributed by atoms with Gasteiger partial charge in [-0.05, 0) is 53.8 Å². The Hall–Kier alpha value is -2.56. The monoisotopic (exact) mass is 375 g/mol. The van der Waals surface area contributed by atoms with Crippen LogP contribution in [0, 0.1) is 0 Å². The molecule has 0 bridgehead atoms. The first-order valence-corrected chi connectivity index (χ1v) is 9.31. The van der Waals surface area contributed by atoms with Gasteiger partial charge in [0.25, 0.3) is 10.0 Å². The summed E-state index contributed by atoms with van der Waals surface area (Å²) in [6, 6.07) is 8.96. The molecule has 6 N–H and O–H groups in total. The number of fused-ring (bicyclic) bond motifs is 1. The van der Waals surface area contributed by atoms with Crippen LogP contribution < -0.4 is 21.7 Å². The Labute approximate surface area is 151 Å². The molecule has 1 heterocycles. The van der Waals surface area contributed by atoms with Gasteiger partial charge in [-0.1, -0.05) is 6.07 Å². The first-order chi connectivity index (χ1) is 12.2. The Morgan fingerprint density at radius 1 is 1.31 bits per heavy atom. The molecule has 0 aliphatic carbocycles. The lowest BCUT2D eigenvalue weighted by atomic mass is 9.79. The van der Waals surface area contributed by atoms with Crippen molar-refractivity contribution in [3.63, 3.8) is 0 Å². The number of primary amides is 1. The molecule has 0 spiro atoms. The Morgan fingerprint density at radius 3 is 2.73 bits per heavy atom. The van der Waals surface area contributed by atoms with Crippen LogP contribution in [-0.2, 0) is 26.1 Å². The van der Waals surface area contributed by atoms with E-state index < -0.39 is 29.0 Å². The number of carbonyl (C=O) groups excluding carboxylic acids is 1. The zero-order valence-electron chi connectivity index (χ0n) is 14.0. The van der Waals surface area contributed by atoms with Crippen molar-refractivity contribution in [3.8, 4) is 0 Å². The molecule has 3 rings (SSSR count). The Bertz CT molecular complexity index is 980. The highest BCUT2D eigenvalue weighted by Crippen LogP contribution is 2.28. The summed E-state index contributed by atoms with van der Waals surface area (Å²) in [7, 11) is -5.10. The average Bonchev–Trinajstić information content (AvgIpc) is 2.94. The summed E-state index contributed by atoms with van der Waals surface area (Å²) in [5.41, 5.74) is 13.2. The zero-order chi connectivity index (χ0) is 19.1. The van der Waals surface area contributed by atoms with Crippen LogP contribution in [0.5, 0.6) is 0 Å². The second-order valence-electron chi connectivity index (χ2n) is 6.10. The Balaban J connectivity index is 1.99. The maximum Gasteiger partial charge on any atom is 0.491 e. The van der Waals surface area contributed by atoms with E-state index in [0.29, 0.717) is 11.2 Å². The number of carbonyl (C=O) groups is 1. The first kappa shape index (κ1) is 18.2. The molecular formula is C16H18BN3O5S. The van der Waals surface area contributed by atoms with Crippen molar-refractivity contribution in [2.24, 2.45) is 5.73 Å². The van der Waals surface area contributed by atoms with Crippen LogP contribution in [0.2, 0.25) is 0 Å². The van der Waals surface area contributed by atoms with E-state index in [4.69, 9.17) is 16.1 Å². The number of nitrogens with two attached hydrogens (primary N) is 2. The van der Waals surface area contributed by atoms with Gasteiger partial charge in [0.2, 0.25) is 5.91 Å². The van der Waals surface area contributed by atoms with Gasteiger partial charge >= 0.3 is 7.12 Å². The van der Waals surface area contributed by atoms with Crippen molar-refractivity contribution >= 4 is 39.9 Å². The van der Waals surface area contributed by atoms with Crippen molar-refractivity contribution in [2.45, 2.75) is 24.3 Å². The fourth-order valence-corrected chi connectivity index (χ4v) is 4.13. The van der Waals surface area contributed by atoms with Crippen molar-refractivity contribution in [1.82, 2.24) is 0 Å². The van der Waals surface area contributed by atoms with Crippen LogP contribution in [0.1, 0.15) is 24.0 Å². The van der Waals surface area contributed by atoms with Crippen LogP contribution in [0.3, 0.4) is 0 Å². The van der Waals surface area contributed by atoms with E-state index in [1.165, 1.54) is 31.2 Å². The third-order valence-corrected chi connectivity index (χ3v) is 5.73. The molecular weight excluding hydrogens is 357 g/mol. The molecule has 136 valence electrons. The summed E-state index contributed by atoms with van der Waals surface area (Å²) >= 11 is 0. The second-order valence-corrected chi connectivity index (χ2v) is 7.75. The smallest absolute Gasteiger partial charge is 0.423 e. The molecule has 1 amide bonds. The number of hydrogen-bond donors (Lipinski definition) is 4. The number of sulfonamides is 1. The summed E-state index contributed by atoms with van der Waals surface area (Å²) in [5, 5.41) is 9.76. The van der Waals surface area contributed by atoms with Gasteiger partial charge in [-0.2, -0.15) is 0 Å². The molecule has 8 nitrogen and oxygen atoms in total. The first-order valence-electron chi connectivity index (χ1n) is 7.83. The number of hydrogen-bond acceptors (Lipinski definition) is 6. The third kappa shape index (κ3) is 3.39. The summed E-state index contributed by atoms with van der Waals surface area (Å²) in [4.78, 5) is 11.4. The van der Waals surface area contributed by atoms with E-state index in [0.717, 1.165) is 5.56 Å². The molecule has 0 saturated heterocycles. The highest BCUT2D eigenvalue weighted by Gasteiger charge is 2.29. The molecule has 2 aromatic carbocycles. The zero-order valence-corrected chi connectivity index (χ0v) is 14.8. The van der Waals surface area contributed by atoms with E-state index in [1.54, 1.807) is 12.1 Å². The van der Waals surface area contributed by atoms with Crippen molar-refractivity contribution in [1.29, 1.82) is 0 Å². The Kier molecular flexibility index (Phi) is 4.65. The van der Waals surface area contributed by atoms with E-state index >= 15 is 0 Å². The molecule has 0 aromatic heterocycles. The van der Waals surface area contributed by atoms with E-state index in [-0.39, 0.29) is 22.8 Å². The standard InChI is InChI=1S/C16H18BN3O5S/c1-9(16(19)21)13-6-11(18)3-5-15(13)26(23,24)20-12-4-2-10-8-25-17(22)14(10)7-12/h2-7,9,20,22H,8,18H2,1H3,(H2,19,21). The molecule has 1 unspecified atom stereocenters. The lowest BCUT2D eigenvalue weighted by molar-refractivity contribution is -0.119. The predicted octanol–water partition coefficient (Wildman–Crippen LogP) is -0.124. The van der Waals surface area contributed by atoms with E-state index in [1.807, 2.05) is 0 Å². The molecule has 2 aromatic rings. The van der Waals surface area contributed by atoms with Crippen molar-refractivity contribution < 1.29 is 22.9 Å². The van der Waals surface area contributed by atoms with Gasteiger partial charge in [0.15, 0.2) is 0 Å². The predicted molar refractivity (Wildman–Crippen MR) is 98.1 cm³/mol. The van der Waals surface area contributed by atoms with Gasteiger partial charge in [0, 0.05) is 11.4 Å². The van der Waals surface area contributed by atoms with Gasteiger partial charge < -0.3 is 21.1 Å². The van der Waals surface area contributed by atoms with Gasteiger partial charge in [-0.15, -0.1) is 0 Å². The lowest BCUT2D eigenvalue weighted by Gasteiger charge is -2.16. The maximum atomic E-state index is 12.8. The number of rotatable bonds is 5. The van der Waals surface area contributed by atoms with E-state index in [9.17, 15) is 18.2 Å². The lowest BCUT2D eigenvalue weighted by Crippen LogP contribution is -2.28. The number of nitrogens with one attached hydrogen (secondary N) is 1. The molecule has 0 radical (unpaired) electrons. The van der Waals surface area contributed by atoms with Crippen LogP contribution in [0.15, 0.2) is 41.3 Å². The fraction of sp³-hybridized carbons (Fsp3) is 0.188. The number of benzene rings is 2. The average molecular weight is 375 g/mol. The van der Waals surface area contributed by atoms with Crippen LogP contribution >= 0.6 is 0 Å². The minimum absolute atomic E-state index is 0.0877. The van der Waals surface area contributed by atoms with Crippen LogP contribution in [0.4, 0.5) is 11.4 Å². The van der Waals surface area contributed by atoms with Gasteiger partial charge in [0.05, 0.1) is 17.4 Å². The molecule has 26 heavy (non-hydrogen) atoms. The van der Waals surface area contributed by atoms with Gasteiger partial charge in [-0.25, -0.2) is 8.42 Å². The highest BCUT2D eigenvalue weighted by molar-refractivity contribution is 7.92. The molecule has 0 saturated carbocycles. The maximum absolute atomic E-state index is 12.8. The van der Waals surface area contributed by atoms with Gasteiger partial charge in [0.1, 0.15) is 0 Å². The van der Waals surface area contributed by atoms with Gasteiger partial charge in [-0.3, -0.25) is 9.52 Å². The second kappa shape index (κ2) is 6.63. The third-order valence-electron chi connectivity index (χ3n) is 4.28. The van der Waals surface area contributed by atoms with Crippen LogP contribution in [-0.4, -0.2) is 26.5 Å². The van der Waals surface area contributed by atoms with E-state index in [2.05, 4.69) is 4.72 Å².